The van der Waals surface area contributed by atoms with Crippen molar-refractivity contribution in [2.45, 2.75) is 6.92 Å². The summed E-state index contributed by atoms with van der Waals surface area (Å²) in [4.78, 5) is 0. The van der Waals surface area contributed by atoms with Crippen LogP contribution in [0.3, 0.4) is 0 Å². The van der Waals surface area contributed by atoms with Crippen molar-refractivity contribution in [3.05, 3.63) is 11.8 Å². The van der Waals surface area contributed by atoms with Crippen LogP contribution in [0.15, 0.2) is 6.07 Å². The van der Waals surface area contributed by atoms with Crippen molar-refractivity contribution in [1.82, 2.24) is 4.37 Å². The summed E-state index contributed by atoms with van der Waals surface area (Å²) >= 11 is 1.18. The van der Waals surface area contributed by atoms with Gasteiger partial charge in [-0.25, -0.2) is 8.42 Å². The third-order valence-electron chi connectivity index (χ3n) is 1.42. The molecule has 12 heavy (non-hydrogen) atoms. The number of aromatic nitrogens is 1. The van der Waals surface area contributed by atoms with Crippen LogP contribution in [-0.2, 0) is 10.0 Å². The molecule has 0 amide bonds. The molecule has 0 aliphatic carbocycles. The highest BCUT2D eigenvalue weighted by molar-refractivity contribution is 7.92. The first kappa shape index (κ1) is 9.47. The van der Waals surface area contributed by atoms with Gasteiger partial charge in [0.1, 0.15) is 5.00 Å². The fourth-order valence-corrected chi connectivity index (χ4v) is 2.18. The van der Waals surface area contributed by atoms with Crippen LogP contribution in [-0.4, -0.2) is 26.1 Å². The Bertz CT molecular complexity index is 369. The number of sulfonamides is 1. The summed E-state index contributed by atoms with van der Waals surface area (Å²) in [6.45, 7) is 1.83. The molecule has 0 aliphatic rings. The molecule has 0 fully saturated rings. The Morgan fingerprint density at radius 2 is 2.17 bits per heavy atom. The largest absolute Gasteiger partial charge is 0.263 e. The molecule has 1 aromatic rings. The summed E-state index contributed by atoms with van der Waals surface area (Å²) in [5.74, 6) is 0. The monoisotopic (exact) mass is 206 g/mol. The number of hydrogen-bond acceptors (Lipinski definition) is 4. The Morgan fingerprint density at radius 3 is 2.50 bits per heavy atom. The van der Waals surface area contributed by atoms with Crippen LogP contribution in [0.1, 0.15) is 5.69 Å². The van der Waals surface area contributed by atoms with Crippen LogP contribution in [0.5, 0.6) is 0 Å². The molecule has 0 aliphatic heterocycles. The van der Waals surface area contributed by atoms with E-state index in [1.807, 2.05) is 6.92 Å². The topological polar surface area (TPSA) is 50.3 Å². The first-order valence-electron chi connectivity index (χ1n) is 3.28. The van der Waals surface area contributed by atoms with Gasteiger partial charge in [-0.1, -0.05) is 0 Å². The second-order valence-corrected chi connectivity index (χ2v) is 5.33. The van der Waals surface area contributed by atoms with Gasteiger partial charge in [0, 0.05) is 7.05 Å². The molecule has 0 aromatic carbocycles. The fourth-order valence-electron chi connectivity index (χ4n) is 0.662. The lowest BCUT2D eigenvalue weighted by Gasteiger charge is -2.12. The van der Waals surface area contributed by atoms with E-state index in [-0.39, 0.29) is 0 Å². The zero-order chi connectivity index (χ0) is 9.35. The molecule has 68 valence electrons. The first-order valence-corrected chi connectivity index (χ1v) is 5.90. The van der Waals surface area contributed by atoms with Gasteiger partial charge in [-0.2, -0.15) is 4.37 Å². The highest BCUT2D eigenvalue weighted by atomic mass is 32.2. The maximum absolute atomic E-state index is 11.0. The normalized spacial score (nSPS) is 11.6. The summed E-state index contributed by atoms with van der Waals surface area (Å²) in [6, 6.07) is 1.74. The van der Waals surface area contributed by atoms with Gasteiger partial charge in [0.2, 0.25) is 10.0 Å². The molecule has 0 saturated heterocycles. The molecule has 0 atom stereocenters. The lowest BCUT2D eigenvalue weighted by molar-refractivity contribution is 0.600. The minimum absolute atomic E-state index is 0.648. The Balaban J connectivity index is 3.01. The molecule has 1 heterocycles. The predicted molar refractivity (Wildman–Crippen MR) is 50.1 cm³/mol. The maximum Gasteiger partial charge on any atom is 0.232 e. The first-order chi connectivity index (χ1) is 5.41. The third kappa shape index (κ3) is 1.95. The number of anilines is 1. The lowest BCUT2D eigenvalue weighted by atomic mass is 10.5. The molecule has 0 bridgehead atoms. The van der Waals surface area contributed by atoms with Gasteiger partial charge in [-0.3, -0.25) is 4.31 Å². The average molecular weight is 206 g/mol. The summed E-state index contributed by atoms with van der Waals surface area (Å²) in [7, 11) is -1.62. The van der Waals surface area contributed by atoms with Crippen molar-refractivity contribution >= 4 is 26.6 Å². The number of aryl methyl sites for hydroxylation is 1. The minimum Gasteiger partial charge on any atom is -0.263 e. The third-order valence-corrected chi connectivity index (χ3v) is 3.69. The molecule has 0 radical (unpaired) electrons. The molecular weight excluding hydrogens is 196 g/mol. The van der Waals surface area contributed by atoms with Gasteiger partial charge in [-0.15, -0.1) is 0 Å². The van der Waals surface area contributed by atoms with Crippen LogP contribution in [0, 0.1) is 6.92 Å². The van der Waals surface area contributed by atoms with Gasteiger partial charge < -0.3 is 0 Å². The van der Waals surface area contributed by atoms with Crippen LogP contribution in [0.25, 0.3) is 0 Å². The van der Waals surface area contributed by atoms with E-state index >= 15 is 0 Å². The van der Waals surface area contributed by atoms with Crippen LogP contribution in [0.2, 0.25) is 0 Å². The summed E-state index contributed by atoms with van der Waals surface area (Å²) in [5, 5.41) is 0.648. The van der Waals surface area contributed by atoms with Gasteiger partial charge in [-0.05, 0) is 24.5 Å². The Labute approximate surface area is 76.0 Å². The SMILES string of the molecule is Cc1cc(N(C)S(C)(=O)=O)sn1. The van der Waals surface area contributed by atoms with Gasteiger partial charge in [0.15, 0.2) is 0 Å². The predicted octanol–water partition coefficient (Wildman–Crippen LogP) is 0.847. The van der Waals surface area contributed by atoms with Crippen molar-refractivity contribution in [3.63, 3.8) is 0 Å². The van der Waals surface area contributed by atoms with Crippen molar-refractivity contribution in [2.24, 2.45) is 0 Å². The van der Waals surface area contributed by atoms with E-state index in [9.17, 15) is 8.42 Å². The standard InChI is InChI=1S/C6H10N2O2S2/c1-5-4-6(11-7-5)8(2)12(3,9)10/h4H,1-3H3. The molecule has 0 spiro atoms. The molecular formula is C6H10N2O2S2. The van der Waals surface area contributed by atoms with E-state index in [0.29, 0.717) is 5.00 Å². The smallest absolute Gasteiger partial charge is 0.232 e. The average Bonchev–Trinajstić information content (AvgIpc) is 2.32. The van der Waals surface area contributed by atoms with E-state index in [1.54, 1.807) is 6.07 Å². The Morgan fingerprint density at radius 1 is 1.58 bits per heavy atom. The van der Waals surface area contributed by atoms with Crippen LogP contribution < -0.4 is 4.31 Å². The minimum atomic E-state index is -3.14. The van der Waals surface area contributed by atoms with Crippen molar-refractivity contribution < 1.29 is 8.42 Å². The number of hydrogen-bond donors (Lipinski definition) is 0. The maximum atomic E-state index is 11.0. The number of rotatable bonds is 2. The van der Waals surface area contributed by atoms with E-state index in [2.05, 4.69) is 4.37 Å². The quantitative estimate of drug-likeness (QED) is 0.720. The highest BCUT2D eigenvalue weighted by Crippen LogP contribution is 2.21. The zero-order valence-electron chi connectivity index (χ0n) is 7.10. The van der Waals surface area contributed by atoms with Crippen molar-refractivity contribution in [2.75, 3.05) is 17.6 Å². The van der Waals surface area contributed by atoms with E-state index in [4.69, 9.17) is 0 Å². The number of nitrogens with zero attached hydrogens (tertiary/aromatic N) is 2. The van der Waals surface area contributed by atoms with Gasteiger partial charge in [0.05, 0.1) is 11.9 Å². The zero-order valence-corrected chi connectivity index (χ0v) is 8.74. The second-order valence-electron chi connectivity index (χ2n) is 2.54. The molecule has 1 aromatic heterocycles. The fraction of sp³-hybridized carbons (Fsp3) is 0.500. The van der Waals surface area contributed by atoms with Gasteiger partial charge in [0.25, 0.3) is 0 Å². The summed E-state index contributed by atoms with van der Waals surface area (Å²) in [6.07, 6.45) is 1.17. The lowest BCUT2D eigenvalue weighted by Crippen LogP contribution is -2.23. The van der Waals surface area contributed by atoms with Crippen LogP contribution in [0.4, 0.5) is 5.00 Å². The van der Waals surface area contributed by atoms with E-state index < -0.39 is 10.0 Å². The molecule has 0 saturated carbocycles. The second kappa shape index (κ2) is 3.02. The van der Waals surface area contributed by atoms with Crippen molar-refractivity contribution in [3.8, 4) is 0 Å². The Hall–Kier alpha value is -0.620. The molecule has 1 rings (SSSR count). The van der Waals surface area contributed by atoms with E-state index in [1.165, 1.54) is 29.1 Å². The molecule has 0 N–H and O–H groups in total. The van der Waals surface area contributed by atoms with Crippen LogP contribution >= 0.6 is 11.5 Å². The summed E-state index contributed by atoms with van der Waals surface area (Å²) in [5.41, 5.74) is 0.838. The molecule has 0 unspecified atom stereocenters. The van der Waals surface area contributed by atoms with E-state index in [0.717, 1.165) is 5.69 Å². The molecule has 6 heteroatoms. The summed E-state index contributed by atoms with van der Waals surface area (Å²) < 4.78 is 27.3. The Kier molecular flexibility index (Phi) is 2.39. The molecule has 4 nitrogen and oxygen atoms in total. The van der Waals surface area contributed by atoms with Gasteiger partial charge >= 0.3 is 0 Å². The van der Waals surface area contributed by atoms with Crippen molar-refractivity contribution in [1.29, 1.82) is 0 Å². The highest BCUT2D eigenvalue weighted by Gasteiger charge is 2.13.